The van der Waals surface area contributed by atoms with Gasteiger partial charge in [0, 0.05) is 17.3 Å². The molecule has 0 saturated carbocycles. The average molecular weight is 331 g/mol. The van der Waals surface area contributed by atoms with E-state index in [9.17, 15) is 14.4 Å². The summed E-state index contributed by atoms with van der Waals surface area (Å²) in [6, 6.07) is 7.18. The van der Waals surface area contributed by atoms with Gasteiger partial charge in [-0.25, -0.2) is 0 Å². The fourth-order valence-corrected chi connectivity index (χ4v) is 4.67. The molecule has 3 aliphatic heterocycles. The van der Waals surface area contributed by atoms with Crippen molar-refractivity contribution in [1.82, 2.24) is 10.6 Å². The van der Waals surface area contributed by atoms with Crippen LogP contribution in [-0.4, -0.2) is 35.8 Å². The molecule has 4 rings (SSSR count). The van der Waals surface area contributed by atoms with Gasteiger partial charge in [0.15, 0.2) is 0 Å². The summed E-state index contributed by atoms with van der Waals surface area (Å²) >= 11 is 1.68. The number of anilines is 1. The Bertz CT molecular complexity index is 722. The van der Waals surface area contributed by atoms with E-state index in [0.717, 1.165) is 17.7 Å². The van der Waals surface area contributed by atoms with Crippen LogP contribution in [0.2, 0.25) is 0 Å². The molecule has 1 spiro atoms. The number of para-hydroxylation sites is 1. The molecule has 2 fully saturated rings. The molecule has 0 bridgehead atoms. The zero-order chi connectivity index (χ0) is 16.2. The lowest BCUT2D eigenvalue weighted by molar-refractivity contribution is -0.132. The van der Waals surface area contributed by atoms with Gasteiger partial charge < -0.3 is 5.32 Å². The molecule has 3 aliphatic rings. The van der Waals surface area contributed by atoms with E-state index < -0.39 is 17.4 Å². The fourth-order valence-electron chi connectivity index (χ4n) is 4.18. The number of imide groups is 1. The van der Waals surface area contributed by atoms with Crippen LogP contribution in [-0.2, 0) is 19.9 Å². The second-order valence-electron chi connectivity index (χ2n) is 6.20. The highest BCUT2D eigenvalue weighted by Crippen LogP contribution is 2.51. The van der Waals surface area contributed by atoms with E-state index in [2.05, 4.69) is 16.0 Å². The van der Waals surface area contributed by atoms with Crippen molar-refractivity contribution in [2.45, 2.75) is 18.0 Å². The molecular weight excluding hydrogens is 314 g/mol. The third-order valence-electron chi connectivity index (χ3n) is 5.10. The van der Waals surface area contributed by atoms with Gasteiger partial charge in [0.25, 0.3) is 0 Å². The lowest BCUT2D eigenvalue weighted by Gasteiger charge is -2.27. The van der Waals surface area contributed by atoms with Crippen molar-refractivity contribution in [3.8, 4) is 0 Å². The highest BCUT2D eigenvalue weighted by atomic mass is 32.2. The van der Waals surface area contributed by atoms with Crippen molar-refractivity contribution in [2.24, 2.45) is 11.8 Å². The van der Waals surface area contributed by atoms with Gasteiger partial charge in [-0.05, 0) is 24.5 Å². The van der Waals surface area contributed by atoms with Gasteiger partial charge in [-0.3, -0.25) is 25.0 Å². The molecule has 2 saturated heterocycles. The monoisotopic (exact) mass is 331 g/mol. The Labute approximate surface area is 137 Å². The number of carbonyl (C=O) groups excluding carboxylic acids is 3. The normalized spacial score (nSPS) is 34.5. The Kier molecular flexibility index (Phi) is 3.24. The van der Waals surface area contributed by atoms with Gasteiger partial charge in [-0.1, -0.05) is 18.2 Å². The molecule has 3 N–H and O–H groups in total. The molecule has 1 aromatic carbocycles. The van der Waals surface area contributed by atoms with E-state index in [4.69, 9.17) is 0 Å². The molecule has 3 amide bonds. The van der Waals surface area contributed by atoms with Crippen molar-refractivity contribution in [3.05, 3.63) is 29.8 Å². The van der Waals surface area contributed by atoms with Gasteiger partial charge in [-0.15, -0.1) is 0 Å². The molecule has 6 nitrogen and oxygen atoms in total. The highest BCUT2D eigenvalue weighted by molar-refractivity contribution is 7.98. The lowest BCUT2D eigenvalue weighted by Crippen LogP contribution is -2.52. The number of benzene rings is 1. The molecular formula is C16H17N3O3S. The van der Waals surface area contributed by atoms with Crippen LogP contribution >= 0.6 is 11.8 Å². The van der Waals surface area contributed by atoms with Gasteiger partial charge in [0.05, 0.1) is 11.8 Å². The minimum atomic E-state index is -1.14. The van der Waals surface area contributed by atoms with E-state index in [-0.39, 0.29) is 23.8 Å². The van der Waals surface area contributed by atoms with E-state index in [1.165, 1.54) is 0 Å². The maximum absolute atomic E-state index is 12.8. The number of thioether (sulfide) groups is 1. The largest absolute Gasteiger partial charge is 0.324 e. The number of hydrogen-bond acceptors (Lipinski definition) is 5. The van der Waals surface area contributed by atoms with Crippen LogP contribution in [0.15, 0.2) is 24.3 Å². The SMILES string of the molecule is CSCCC1NC2(C(=O)Nc3ccccc32)C2C(=O)NC(=O)C12. The van der Waals surface area contributed by atoms with Crippen molar-refractivity contribution < 1.29 is 14.4 Å². The zero-order valence-electron chi connectivity index (χ0n) is 12.6. The van der Waals surface area contributed by atoms with Crippen molar-refractivity contribution in [1.29, 1.82) is 0 Å². The van der Waals surface area contributed by atoms with Crippen LogP contribution < -0.4 is 16.0 Å². The third kappa shape index (κ3) is 1.83. The van der Waals surface area contributed by atoms with Gasteiger partial charge in [0.1, 0.15) is 5.54 Å². The lowest BCUT2D eigenvalue weighted by atomic mass is 9.76. The minimum absolute atomic E-state index is 0.184. The maximum Gasteiger partial charge on any atom is 0.250 e. The van der Waals surface area contributed by atoms with Crippen LogP contribution in [0.5, 0.6) is 0 Å². The van der Waals surface area contributed by atoms with Crippen LogP contribution in [0.3, 0.4) is 0 Å². The van der Waals surface area contributed by atoms with Crippen LogP contribution in [0.4, 0.5) is 5.69 Å². The summed E-state index contributed by atoms with van der Waals surface area (Å²) in [5.41, 5.74) is 0.332. The summed E-state index contributed by atoms with van der Waals surface area (Å²) in [6.45, 7) is 0. The number of fused-ring (bicyclic) bond motifs is 4. The molecule has 4 atom stereocenters. The van der Waals surface area contributed by atoms with Gasteiger partial charge in [0.2, 0.25) is 17.7 Å². The fraction of sp³-hybridized carbons (Fsp3) is 0.438. The zero-order valence-corrected chi connectivity index (χ0v) is 13.4. The first kappa shape index (κ1) is 14.7. The Morgan fingerprint density at radius 2 is 1.91 bits per heavy atom. The predicted molar refractivity (Wildman–Crippen MR) is 86.8 cm³/mol. The number of carbonyl (C=O) groups is 3. The number of hydrogen-bond donors (Lipinski definition) is 3. The van der Waals surface area contributed by atoms with E-state index in [0.29, 0.717) is 5.69 Å². The molecule has 23 heavy (non-hydrogen) atoms. The van der Waals surface area contributed by atoms with E-state index in [1.54, 1.807) is 11.8 Å². The first-order valence-electron chi connectivity index (χ1n) is 7.62. The Hall–Kier alpha value is -1.86. The van der Waals surface area contributed by atoms with Gasteiger partial charge in [-0.2, -0.15) is 11.8 Å². The number of rotatable bonds is 3. The van der Waals surface area contributed by atoms with E-state index >= 15 is 0 Å². The molecule has 3 heterocycles. The molecule has 0 radical (unpaired) electrons. The van der Waals surface area contributed by atoms with E-state index in [1.807, 2.05) is 30.5 Å². The van der Waals surface area contributed by atoms with Gasteiger partial charge >= 0.3 is 0 Å². The molecule has 7 heteroatoms. The molecule has 1 aromatic rings. The summed E-state index contributed by atoms with van der Waals surface area (Å²) in [6.07, 6.45) is 2.74. The highest BCUT2D eigenvalue weighted by Gasteiger charge is 2.68. The summed E-state index contributed by atoms with van der Waals surface area (Å²) in [5.74, 6) is -1.19. The summed E-state index contributed by atoms with van der Waals surface area (Å²) in [7, 11) is 0. The molecule has 0 aliphatic carbocycles. The minimum Gasteiger partial charge on any atom is -0.324 e. The maximum atomic E-state index is 12.8. The molecule has 0 aromatic heterocycles. The Morgan fingerprint density at radius 1 is 1.13 bits per heavy atom. The summed E-state index contributed by atoms with van der Waals surface area (Å²) < 4.78 is 0. The number of nitrogens with one attached hydrogen (secondary N) is 3. The first-order valence-corrected chi connectivity index (χ1v) is 9.01. The van der Waals surface area contributed by atoms with Crippen LogP contribution in [0.1, 0.15) is 12.0 Å². The Balaban J connectivity index is 1.84. The predicted octanol–water partition coefficient (Wildman–Crippen LogP) is 0.448. The van der Waals surface area contributed by atoms with Crippen molar-refractivity contribution in [3.63, 3.8) is 0 Å². The first-order chi connectivity index (χ1) is 11.1. The quantitative estimate of drug-likeness (QED) is 0.700. The number of amides is 3. The summed E-state index contributed by atoms with van der Waals surface area (Å²) in [4.78, 5) is 37.5. The second kappa shape index (κ2) is 5.07. The smallest absolute Gasteiger partial charge is 0.250 e. The average Bonchev–Trinajstić information content (AvgIpc) is 3.12. The standard InChI is InChI=1S/C16H17N3O3S/c1-23-7-6-10-11-12(14(21)18-13(11)20)16(19-10)8-4-2-3-5-9(8)17-15(16)22/h2-5,10-12,19H,6-7H2,1H3,(H,17,22)(H,18,20,21). The van der Waals surface area contributed by atoms with Crippen molar-refractivity contribution >= 4 is 35.2 Å². The van der Waals surface area contributed by atoms with Crippen LogP contribution in [0.25, 0.3) is 0 Å². The second-order valence-corrected chi connectivity index (χ2v) is 7.18. The third-order valence-corrected chi connectivity index (χ3v) is 5.74. The summed E-state index contributed by atoms with van der Waals surface area (Å²) in [5, 5.41) is 8.64. The Morgan fingerprint density at radius 3 is 2.70 bits per heavy atom. The molecule has 4 unspecified atom stereocenters. The van der Waals surface area contributed by atoms with Crippen LogP contribution in [0, 0.1) is 11.8 Å². The molecule has 120 valence electrons. The van der Waals surface area contributed by atoms with Crippen molar-refractivity contribution in [2.75, 3.05) is 17.3 Å². The topological polar surface area (TPSA) is 87.3 Å².